The molecule has 0 aliphatic rings. The molecule has 0 unspecified atom stereocenters. The molecule has 3 nitrogen and oxygen atoms in total. The third-order valence-corrected chi connectivity index (χ3v) is 16.4. The van der Waals surface area contributed by atoms with E-state index >= 15 is 0 Å². The summed E-state index contributed by atoms with van der Waals surface area (Å²) in [7, 11) is -5.53. The summed E-state index contributed by atoms with van der Waals surface area (Å²) in [5.41, 5.74) is 0. The van der Waals surface area contributed by atoms with Crippen molar-refractivity contribution in [3.63, 3.8) is 0 Å². The molecule has 0 aliphatic carbocycles. The fourth-order valence-corrected chi connectivity index (χ4v) is 11.3. The Morgan fingerprint density at radius 3 is 1.06 bits per heavy atom. The molecule has 0 radical (unpaired) electrons. The highest BCUT2D eigenvalue weighted by Gasteiger charge is 2.46. The third-order valence-electron chi connectivity index (χ3n) is 4.40. The van der Waals surface area contributed by atoms with Crippen LogP contribution in [0, 0.1) is 0 Å². The van der Waals surface area contributed by atoms with Crippen LogP contribution in [0.3, 0.4) is 0 Å². The smallest absolute Gasteiger partial charge is 0.176 e. The first-order chi connectivity index (χ1) is 8.46. The molecule has 0 spiro atoms. The molecule has 108 valence electrons. The van der Waals surface area contributed by atoms with E-state index in [1.165, 1.54) is 0 Å². The van der Waals surface area contributed by atoms with Crippen LogP contribution in [0.5, 0.6) is 0 Å². The third kappa shape index (κ3) is 4.85. The second kappa shape index (κ2) is 8.59. The molecule has 0 aromatic heterocycles. The lowest BCUT2D eigenvalue weighted by Crippen LogP contribution is -2.37. The second-order valence-corrected chi connectivity index (χ2v) is 15.8. The van der Waals surface area contributed by atoms with E-state index in [1.54, 1.807) is 0 Å². The normalized spacial score (nSPS) is 12.8. The average Bonchev–Trinajstić information content (AvgIpc) is 2.42. The van der Waals surface area contributed by atoms with Crippen LogP contribution < -0.4 is 0 Å². The van der Waals surface area contributed by atoms with Crippen molar-refractivity contribution in [2.45, 2.75) is 77.8 Å². The molecular formula is C12H30O3PSi2+. The van der Waals surface area contributed by atoms with Gasteiger partial charge in [-0.15, -0.1) is 0 Å². The molecule has 0 atom stereocenters. The Balaban J connectivity index is 4.67. The Labute approximate surface area is 116 Å². The van der Waals surface area contributed by atoms with E-state index < -0.39 is 24.9 Å². The first kappa shape index (κ1) is 18.5. The Hall–Kier alpha value is 0.454. The molecule has 0 saturated carbocycles. The molecule has 0 saturated heterocycles. The maximum atomic E-state index is 12.2. The van der Waals surface area contributed by atoms with Crippen LogP contribution >= 0.6 is 8.25 Å². The molecule has 0 aromatic carbocycles. The van der Waals surface area contributed by atoms with Gasteiger partial charge in [0.25, 0.3) is 16.6 Å². The number of hydrogen-bond donors (Lipinski definition) is 0. The van der Waals surface area contributed by atoms with E-state index in [2.05, 4.69) is 41.5 Å². The van der Waals surface area contributed by atoms with Crippen molar-refractivity contribution in [3.05, 3.63) is 0 Å². The predicted octanol–water partition coefficient (Wildman–Crippen LogP) is 5.69. The summed E-state index contributed by atoms with van der Waals surface area (Å²) >= 11 is 0. The van der Waals surface area contributed by atoms with E-state index in [1.807, 2.05) is 0 Å². The van der Waals surface area contributed by atoms with E-state index in [0.29, 0.717) is 0 Å². The van der Waals surface area contributed by atoms with E-state index in [4.69, 9.17) is 8.43 Å². The van der Waals surface area contributed by atoms with E-state index in [9.17, 15) is 4.57 Å². The van der Waals surface area contributed by atoms with E-state index in [0.717, 1.165) is 36.3 Å². The minimum absolute atomic E-state index is 1.02. The first-order valence-electron chi connectivity index (χ1n) is 7.32. The van der Waals surface area contributed by atoms with E-state index in [-0.39, 0.29) is 0 Å². The van der Waals surface area contributed by atoms with Crippen molar-refractivity contribution in [1.82, 2.24) is 0 Å². The molecule has 0 aliphatic heterocycles. The van der Waals surface area contributed by atoms with Crippen molar-refractivity contribution in [2.24, 2.45) is 0 Å². The topological polar surface area (TPSA) is 35.5 Å². The molecule has 0 fully saturated rings. The van der Waals surface area contributed by atoms with Crippen LogP contribution in [0.1, 0.15) is 41.5 Å². The minimum atomic E-state index is -1.92. The molecule has 0 rings (SSSR count). The van der Waals surface area contributed by atoms with Gasteiger partial charge in [0.15, 0.2) is 0 Å². The maximum absolute atomic E-state index is 12.2. The van der Waals surface area contributed by atoms with Gasteiger partial charge in [-0.1, -0.05) is 41.5 Å². The van der Waals surface area contributed by atoms with Gasteiger partial charge in [0.2, 0.25) is 0 Å². The van der Waals surface area contributed by atoms with Crippen LogP contribution in [-0.4, -0.2) is 16.6 Å². The van der Waals surface area contributed by atoms with Crippen LogP contribution in [-0.2, 0) is 13.0 Å². The van der Waals surface area contributed by atoms with Gasteiger partial charge < -0.3 is 0 Å². The SMILES string of the molecule is CC[Si](CC)(CC)O[P+](=O)O[Si](CC)(CC)CC. The van der Waals surface area contributed by atoms with Gasteiger partial charge in [0.05, 0.1) is 0 Å². The summed E-state index contributed by atoms with van der Waals surface area (Å²) in [6, 6.07) is 6.10. The van der Waals surface area contributed by atoms with Gasteiger partial charge >= 0.3 is 8.25 Å². The highest BCUT2D eigenvalue weighted by atomic mass is 31.1. The maximum Gasteiger partial charge on any atom is 0.673 e. The van der Waals surface area contributed by atoms with Crippen LogP contribution in [0.2, 0.25) is 36.3 Å². The summed E-state index contributed by atoms with van der Waals surface area (Å²) in [6.07, 6.45) is 0. The highest BCUT2D eigenvalue weighted by molar-refractivity contribution is 7.38. The van der Waals surface area contributed by atoms with Crippen LogP contribution in [0.15, 0.2) is 0 Å². The Morgan fingerprint density at radius 2 is 0.889 bits per heavy atom. The predicted molar refractivity (Wildman–Crippen MR) is 84.2 cm³/mol. The van der Waals surface area contributed by atoms with Crippen molar-refractivity contribution in [3.8, 4) is 0 Å². The highest BCUT2D eigenvalue weighted by Crippen LogP contribution is 2.40. The van der Waals surface area contributed by atoms with Gasteiger partial charge in [-0.3, -0.25) is 0 Å². The molecule has 0 amide bonds. The van der Waals surface area contributed by atoms with Gasteiger partial charge in [0, 0.05) is 4.57 Å². The first-order valence-corrected chi connectivity index (χ1v) is 13.5. The summed E-state index contributed by atoms with van der Waals surface area (Å²) < 4.78 is 24.0. The van der Waals surface area contributed by atoms with Gasteiger partial charge in [-0.2, -0.15) is 8.43 Å². The molecule has 0 N–H and O–H groups in total. The molecule has 18 heavy (non-hydrogen) atoms. The monoisotopic (exact) mass is 309 g/mol. The molecule has 6 heteroatoms. The molecule has 0 bridgehead atoms. The molecular weight excluding hydrogens is 279 g/mol. The zero-order chi connectivity index (χ0) is 14.2. The summed E-state index contributed by atoms with van der Waals surface area (Å²) in [5.74, 6) is 0. The van der Waals surface area contributed by atoms with Crippen molar-refractivity contribution in [1.29, 1.82) is 0 Å². The zero-order valence-electron chi connectivity index (χ0n) is 12.9. The van der Waals surface area contributed by atoms with Crippen LogP contribution in [0.25, 0.3) is 0 Å². The standard InChI is InChI=1S/C12H30O3PSi2/c1-7-17(8-2,9-3)14-16(13)15-18(10-4,11-5)12-6/h7-12H2,1-6H3/q+1. The Kier molecular flexibility index (Phi) is 8.81. The quantitative estimate of drug-likeness (QED) is 0.384. The van der Waals surface area contributed by atoms with Crippen molar-refractivity contribution < 1.29 is 13.0 Å². The average molecular weight is 310 g/mol. The lowest BCUT2D eigenvalue weighted by Gasteiger charge is -2.23. The zero-order valence-corrected chi connectivity index (χ0v) is 15.8. The lowest BCUT2D eigenvalue weighted by molar-refractivity contribution is 0.400. The fourth-order valence-electron chi connectivity index (χ4n) is 2.22. The Bertz CT molecular complexity index is 213. The number of rotatable bonds is 10. The summed E-state index contributed by atoms with van der Waals surface area (Å²) in [4.78, 5) is 0. The fraction of sp³-hybridized carbons (Fsp3) is 1.00. The summed E-state index contributed by atoms with van der Waals surface area (Å²) in [6.45, 7) is 12.9. The van der Waals surface area contributed by atoms with Gasteiger partial charge in [-0.25, -0.2) is 0 Å². The minimum Gasteiger partial charge on any atom is -0.176 e. The van der Waals surface area contributed by atoms with Crippen molar-refractivity contribution in [2.75, 3.05) is 0 Å². The molecule has 0 aromatic rings. The van der Waals surface area contributed by atoms with Gasteiger partial charge in [0.1, 0.15) is 0 Å². The van der Waals surface area contributed by atoms with Crippen LogP contribution in [0.4, 0.5) is 0 Å². The lowest BCUT2D eigenvalue weighted by atomic mass is 10.9. The van der Waals surface area contributed by atoms with Crippen molar-refractivity contribution >= 4 is 24.9 Å². The number of hydrogen-bond acceptors (Lipinski definition) is 3. The van der Waals surface area contributed by atoms with Gasteiger partial charge in [-0.05, 0) is 36.3 Å². The largest absolute Gasteiger partial charge is 0.673 e. The Morgan fingerprint density at radius 1 is 0.667 bits per heavy atom. The summed E-state index contributed by atoms with van der Waals surface area (Å²) in [5, 5.41) is 0. The second-order valence-electron chi connectivity index (χ2n) is 4.89. The molecule has 0 heterocycles.